The van der Waals surface area contributed by atoms with E-state index in [2.05, 4.69) is 16.6 Å². The number of β-lactam (4-membered cyclic amide) rings is 1. The first-order valence-corrected chi connectivity index (χ1v) is 6.20. The molecule has 1 aliphatic rings. The SMILES string of the molecule is C=CCOC(=O)C(=N)C(=O)C(C)C1NC(=O)C1C(C)O. The zero-order valence-electron chi connectivity index (χ0n) is 11.4. The summed E-state index contributed by atoms with van der Waals surface area (Å²) in [6.45, 7) is 6.22. The molecule has 0 bridgehead atoms. The van der Waals surface area contributed by atoms with E-state index in [0.29, 0.717) is 0 Å². The lowest BCUT2D eigenvalue weighted by atomic mass is 9.76. The van der Waals surface area contributed by atoms with Gasteiger partial charge in [0.05, 0.1) is 18.1 Å². The summed E-state index contributed by atoms with van der Waals surface area (Å²) >= 11 is 0. The maximum Gasteiger partial charge on any atom is 0.360 e. The number of Topliss-reactive ketones (excluding diaryl/α,β-unsaturated/α-hetero) is 1. The van der Waals surface area contributed by atoms with Crippen LogP contribution in [-0.2, 0) is 19.1 Å². The molecule has 4 atom stereocenters. The number of hydrogen-bond acceptors (Lipinski definition) is 6. The van der Waals surface area contributed by atoms with Crippen LogP contribution in [-0.4, -0.2) is 47.2 Å². The number of rotatable bonds is 7. The van der Waals surface area contributed by atoms with Crippen molar-refractivity contribution in [2.75, 3.05) is 6.61 Å². The summed E-state index contributed by atoms with van der Waals surface area (Å²) in [7, 11) is 0. The minimum atomic E-state index is -1.03. The minimum absolute atomic E-state index is 0.0840. The van der Waals surface area contributed by atoms with Gasteiger partial charge in [-0.3, -0.25) is 15.0 Å². The lowest BCUT2D eigenvalue weighted by Gasteiger charge is -2.41. The Morgan fingerprint density at radius 3 is 2.60 bits per heavy atom. The Labute approximate surface area is 116 Å². The van der Waals surface area contributed by atoms with E-state index >= 15 is 0 Å². The lowest BCUT2D eigenvalue weighted by molar-refractivity contribution is -0.143. The number of esters is 1. The van der Waals surface area contributed by atoms with Crippen molar-refractivity contribution >= 4 is 23.4 Å². The number of ether oxygens (including phenoxy) is 1. The van der Waals surface area contributed by atoms with Gasteiger partial charge in [0.25, 0.3) is 0 Å². The van der Waals surface area contributed by atoms with Crippen LogP contribution in [0.5, 0.6) is 0 Å². The molecule has 4 unspecified atom stereocenters. The quantitative estimate of drug-likeness (QED) is 0.190. The number of amides is 1. The van der Waals surface area contributed by atoms with Crippen molar-refractivity contribution in [3.05, 3.63) is 12.7 Å². The molecule has 1 heterocycles. The van der Waals surface area contributed by atoms with Crippen molar-refractivity contribution in [3.63, 3.8) is 0 Å². The maximum atomic E-state index is 12.0. The third-order valence-electron chi connectivity index (χ3n) is 3.25. The first-order valence-electron chi connectivity index (χ1n) is 6.20. The first kappa shape index (κ1) is 16.0. The monoisotopic (exact) mass is 282 g/mol. The fourth-order valence-corrected chi connectivity index (χ4v) is 2.07. The van der Waals surface area contributed by atoms with Crippen molar-refractivity contribution in [1.82, 2.24) is 5.32 Å². The van der Waals surface area contributed by atoms with Crippen LogP contribution in [0.2, 0.25) is 0 Å². The van der Waals surface area contributed by atoms with Gasteiger partial charge >= 0.3 is 5.97 Å². The molecule has 110 valence electrons. The Bertz CT molecular complexity index is 458. The fraction of sp³-hybridized carbons (Fsp3) is 0.538. The highest BCUT2D eigenvalue weighted by Crippen LogP contribution is 2.26. The van der Waals surface area contributed by atoms with Gasteiger partial charge in [0, 0.05) is 5.92 Å². The molecule has 1 saturated heterocycles. The van der Waals surface area contributed by atoms with Crippen molar-refractivity contribution in [2.24, 2.45) is 11.8 Å². The van der Waals surface area contributed by atoms with Crippen LogP contribution in [0, 0.1) is 17.2 Å². The van der Waals surface area contributed by atoms with Crippen LogP contribution in [0.1, 0.15) is 13.8 Å². The molecule has 1 aliphatic heterocycles. The summed E-state index contributed by atoms with van der Waals surface area (Å²) in [6, 6.07) is -0.581. The molecule has 0 aromatic heterocycles. The number of aliphatic hydroxyl groups is 1. The summed E-state index contributed by atoms with van der Waals surface area (Å²) in [6.07, 6.45) is 0.431. The van der Waals surface area contributed by atoms with E-state index in [9.17, 15) is 19.5 Å². The number of hydrogen-bond donors (Lipinski definition) is 3. The second kappa shape index (κ2) is 6.42. The zero-order chi connectivity index (χ0) is 15.4. The highest BCUT2D eigenvalue weighted by molar-refractivity contribution is 6.63. The smallest absolute Gasteiger partial charge is 0.360 e. The first-order chi connectivity index (χ1) is 9.31. The molecule has 1 rings (SSSR count). The predicted octanol–water partition coefficient (Wildman–Crippen LogP) is -0.564. The Hall–Kier alpha value is -2.02. The van der Waals surface area contributed by atoms with Crippen molar-refractivity contribution in [2.45, 2.75) is 26.0 Å². The molecule has 0 aromatic carbocycles. The average molecular weight is 282 g/mol. The van der Waals surface area contributed by atoms with Gasteiger partial charge in [0.1, 0.15) is 6.61 Å². The molecule has 20 heavy (non-hydrogen) atoms. The Kier molecular flexibility index (Phi) is 5.15. The Balaban J connectivity index is 2.68. The van der Waals surface area contributed by atoms with Gasteiger partial charge < -0.3 is 15.2 Å². The van der Waals surface area contributed by atoms with Crippen LogP contribution in [0.15, 0.2) is 12.7 Å². The number of ketones is 1. The minimum Gasteiger partial charge on any atom is -0.457 e. The van der Waals surface area contributed by atoms with E-state index in [4.69, 9.17) is 5.41 Å². The Morgan fingerprint density at radius 2 is 2.15 bits per heavy atom. The van der Waals surface area contributed by atoms with Gasteiger partial charge in [-0.1, -0.05) is 19.6 Å². The van der Waals surface area contributed by atoms with Gasteiger partial charge in [-0.15, -0.1) is 0 Å². The van der Waals surface area contributed by atoms with Crippen LogP contribution < -0.4 is 5.32 Å². The second-order valence-corrected chi connectivity index (χ2v) is 4.72. The van der Waals surface area contributed by atoms with E-state index in [0.717, 1.165) is 0 Å². The zero-order valence-corrected chi connectivity index (χ0v) is 11.4. The van der Waals surface area contributed by atoms with Gasteiger partial charge in [0.2, 0.25) is 5.91 Å². The molecule has 1 fully saturated rings. The normalized spacial score (nSPS) is 23.9. The van der Waals surface area contributed by atoms with Gasteiger partial charge in [0.15, 0.2) is 11.5 Å². The molecule has 3 N–H and O–H groups in total. The van der Waals surface area contributed by atoms with Gasteiger partial charge in [-0.25, -0.2) is 4.79 Å². The molecule has 0 saturated carbocycles. The van der Waals surface area contributed by atoms with Crippen LogP contribution >= 0.6 is 0 Å². The number of carbonyl (C=O) groups excluding carboxylic acids is 3. The molecule has 7 nitrogen and oxygen atoms in total. The van der Waals surface area contributed by atoms with E-state index in [1.807, 2.05) is 0 Å². The van der Waals surface area contributed by atoms with Crippen LogP contribution in [0.25, 0.3) is 0 Å². The van der Waals surface area contributed by atoms with Crippen molar-refractivity contribution in [1.29, 1.82) is 5.41 Å². The summed E-state index contributed by atoms with van der Waals surface area (Å²) < 4.78 is 4.61. The van der Waals surface area contributed by atoms with E-state index in [1.165, 1.54) is 19.9 Å². The summed E-state index contributed by atoms with van der Waals surface area (Å²) in [4.78, 5) is 34.7. The standard InChI is InChI=1S/C13H18N2O5/c1-4-5-20-13(19)9(14)11(17)6(2)10-8(7(3)16)12(18)15-10/h4,6-8,10,14,16H,1,5H2,2-3H3,(H,15,18). The predicted molar refractivity (Wildman–Crippen MR) is 70.2 cm³/mol. The van der Waals surface area contributed by atoms with E-state index < -0.39 is 41.4 Å². The van der Waals surface area contributed by atoms with Crippen LogP contribution in [0.3, 0.4) is 0 Å². The maximum absolute atomic E-state index is 12.0. The summed E-state index contributed by atoms with van der Waals surface area (Å²) in [5, 5.41) is 19.5. The fourth-order valence-electron chi connectivity index (χ4n) is 2.07. The molecule has 0 radical (unpaired) electrons. The van der Waals surface area contributed by atoms with Crippen molar-refractivity contribution < 1.29 is 24.2 Å². The lowest BCUT2D eigenvalue weighted by Crippen LogP contribution is -2.65. The number of nitrogens with one attached hydrogen (secondary N) is 2. The molecule has 7 heteroatoms. The molecule has 0 spiro atoms. The number of aliphatic hydroxyl groups excluding tert-OH is 1. The van der Waals surface area contributed by atoms with Gasteiger partial charge in [-0.2, -0.15) is 0 Å². The topological polar surface area (TPSA) is 117 Å². The largest absolute Gasteiger partial charge is 0.457 e. The Morgan fingerprint density at radius 1 is 1.55 bits per heavy atom. The third kappa shape index (κ3) is 3.11. The molecular weight excluding hydrogens is 264 g/mol. The molecule has 1 amide bonds. The average Bonchev–Trinajstić information content (AvgIpc) is 2.38. The summed E-state index contributed by atoms with van der Waals surface area (Å²) in [5.74, 6) is -3.58. The molecular formula is C13H18N2O5. The van der Waals surface area contributed by atoms with Crippen LogP contribution in [0.4, 0.5) is 0 Å². The number of carbonyl (C=O) groups is 3. The highest BCUT2D eigenvalue weighted by atomic mass is 16.5. The second-order valence-electron chi connectivity index (χ2n) is 4.72. The molecule has 0 aliphatic carbocycles. The highest BCUT2D eigenvalue weighted by Gasteiger charge is 2.48. The van der Waals surface area contributed by atoms with Gasteiger partial charge in [-0.05, 0) is 6.92 Å². The summed E-state index contributed by atoms with van der Waals surface area (Å²) in [5.41, 5.74) is -0.773. The molecule has 0 aromatic rings. The van der Waals surface area contributed by atoms with E-state index in [-0.39, 0.29) is 12.5 Å². The third-order valence-corrected chi connectivity index (χ3v) is 3.25. The van der Waals surface area contributed by atoms with E-state index in [1.54, 1.807) is 0 Å². The van der Waals surface area contributed by atoms with Crippen molar-refractivity contribution in [3.8, 4) is 0 Å².